The molecule has 3 nitrogen and oxygen atoms in total. The summed E-state index contributed by atoms with van der Waals surface area (Å²) in [4.78, 5) is 12.1. The smallest absolute Gasteiger partial charge is 0.224 e. The Hall–Kier alpha value is -2.13. The van der Waals surface area contributed by atoms with E-state index >= 15 is 0 Å². The Balaban J connectivity index is 1.87. The van der Waals surface area contributed by atoms with Crippen LogP contribution in [0, 0.1) is 6.92 Å². The molecule has 116 valence electrons. The summed E-state index contributed by atoms with van der Waals surface area (Å²) in [7, 11) is 0. The minimum atomic E-state index is -0.594. The van der Waals surface area contributed by atoms with Gasteiger partial charge in [-0.25, -0.2) is 0 Å². The zero-order valence-corrected chi connectivity index (χ0v) is 13.1. The maximum Gasteiger partial charge on any atom is 0.224 e. The molecule has 0 fully saturated rings. The molecule has 0 saturated carbocycles. The predicted octanol–water partition coefficient (Wildman–Crippen LogP) is 2.65. The van der Waals surface area contributed by atoms with E-state index < -0.39 is 6.10 Å². The molecule has 1 amide bonds. The molecule has 22 heavy (non-hydrogen) atoms. The van der Waals surface area contributed by atoms with Crippen LogP contribution in [0.3, 0.4) is 0 Å². The molecule has 0 saturated heterocycles. The van der Waals surface area contributed by atoms with Gasteiger partial charge in [0, 0.05) is 6.42 Å². The third-order valence-electron chi connectivity index (χ3n) is 3.87. The van der Waals surface area contributed by atoms with Gasteiger partial charge in [0.2, 0.25) is 5.91 Å². The number of nitrogens with one attached hydrogen (secondary N) is 1. The van der Waals surface area contributed by atoms with E-state index in [2.05, 4.69) is 5.32 Å². The lowest BCUT2D eigenvalue weighted by molar-refractivity contribution is -0.121. The van der Waals surface area contributed by atoms with E-state index in [1.807, 2.05) is 68.4 Å². The number of aliphatic hydroxyl groups is 1. The van der Waals surface area contributed by atoms with Gasteiger partial charge >= 0.3 is 0 Å². The van der Waals surface area contributed by atoms with E-state index in [4.69, 9.17) is 0 Å². The van der Waals surface area contributed by atoms with Crippen LogP contribution >= 0.6 is 0 Å². The number of amides is 1. The highest BCUT2D eigenvalue weighted by Gasteiger charge is 2.17. The summed E-state index contributed by atoms with van der Waals surface area (Å²) in [6.07, 6.45) is 0.282. The Kier molecular flexibility index (Phi) is 5.73. The number of carbonyl (C=O) groups is 1. The number of aliphatic hydroxyl groups excluding tert-OH is 1. The van der Waals surface area contributed by atoms with E-state index in [9.17, 15) is 9.90 Å². The van der Waals surface area contributed by atoms with Crippen LogP contribution < -0.4 is 5.32 Å². The van der Waals surface area contributed by atoms with Gasteiger partial charge in [-0.05, 0) is 30.5 Å². The van der Waals surface area contributed by atoms with Crippen LogP contribution in [0.5, 0.6) is 0 Å². The first-order valence-corrected chi connectivity index (χ1v) is 7.62. The van der Waals surface area contributed by atoms with Crippen molar-refractivity contribution in [1.82, 2.24) is 5.32 Å². The van der Waals surface area contributed by atoms with E-state index in [1.165, 1.54) is 0 Å². The van der Waals surface area contributed by atoms with Crippen molar-refractivity contribution in [3.8, 4) is 0 Å². The molecular formula is C19H23NO2. The van der Waals surface area contributed by atoms with Gasteiger partial charge in [-0.2, -0.15) is 0 Å². The molecule has 2 aromatic rings. The second-order valence-electron chi connectivity index (χ2n) is 5.72. The molecule has 3 heteroatoms. The average Bonchev–Trinajstić information content (AvgIpc) is 2.50. The maximum absolute atomic E-state index is 12.1. The minimum Gasteiger partial charge on any atom is -0.391 e. The number of carbonyl (C=O) groups excluding carboxylic acids is 1. The van der Waals surface area contributed by atoms with Crippen molar-refractivity contribution in [1.29, 1.82) is 0 Å². The summed E-state index contributed by atoms with van der Waals surface area (Å²) in [6, 6.07) is 17.4. The first-order chi connectivity index (χ1) is 10.6. The normalized spacial score (nSPS) is 13.4. The second kappa shape index (κ2) is 7.76. The summed E-state index contributed by atoms with van der Waals surface area (Å²) in [5.74, 6) is -0.0612. The van der Waals surface area contributed by atoms with Crippen LogP contribution in [-0.2, 0) is 17.6 Å². The van der Waals surface area contributed by atoms with Crippen LogP contribution in [-0.4, -0.2) is 23.2 Å². The van der Waals surface area contributed by atoms with Gasteiger partial charge in [-0.1, -0.05) is 54.6 Å². The van der Waals surface area contributed by atoms with Gasteiger partial charge < -0.3 is 10.4 Å². The summed E-state index contributed by atoms with van der Waals surface area (Å²) < 4.78 is 0. The van der Waals surface area contributed by atoms with E-state index in [1.54, 1.807) is 0 Å². The Bertz CT molecular complexity index is 610. The standard InChI is InChI=1S/C19H23NO2/c1-14-8-6-7-11-17(14)13-19(22)20-15(2)18(21)12-16-9-4-3-5-10-16/h3-11,15,18,21H,12-13H2,1-2H3,(H,20,22). The summed E-state index contributed by atoms with van der Waals surface area (Å²) in [6.45, 7) is 3.83. The SMILES string of the molecule is Cc1ccccc1CC(=O)NC(C)C(O)Cc1ccccc1. The molecule has 0 aliphatic carbocycles. The third-order valence-corrected chi connectivity index (χ3v) is 3.87. The number of rotatable bonds is 6. The minimum absolute atomic E-state index is 0.0612. The summed E-state index contributed by atoms with van der Waals surface area (Å²) >= 11 is 0. The highest BCUT2D eigenvalue weighted by molar-refractivity contribution is 5.79. The zero-order valence-electron chi connectivity index (χ0n) is 13.1. The lowest BCUT2D eigenvalue weighted by atomic mass is 10.0. The monoisotopic (exact) mass is 297 g/mol. The van der Waals surface area contributed by atoms with Gasteiger partial charge in [-0.3, -0.25) is 4.79 Å². The fraction of sp³-hybridized carbons (Fsp3) is 0.316. The van der Waals surface area contributed by atoms with Crippen molar-refractivity contribution >= 4 is 5.91 Å². The summed E-state index contributed by atoms with van der Waals surface area (Å²) in [5, 5.41) is 13.1. The van der Waals surface area contributed by atoms with Crippen LogP contribution in [0.2, 0.25) is 0 Å². The molecule has 0 bridgehead atoms. The topological polar surface area (TPSA) is 49.3 Å². The molecular weight excluding hydrogens is 274 g/mol. The van der Waals surface area contributed by atoms with Crippen LogP contribution in [0.4, 0.5) is 0 Å². The van der Waals surface area contributed by atoms with Crippen molar-refractivity contribution in [2.45, 2.75) is 38.8 Å². The Labute approximate surface area is 132 Å². The van der Waals surface area contributed by atoms with Gasteiger partial charge in [0.1, 0.15) is 0 Å². The number of benzene rings is 2. The lowest BCUT2D eigenvalue weighted by Gasteiger charge is -2.20. The van der Waals surface area contributed by atoms with Crippen molar-refractivity contribution in [3.05, 3.63) is 71.3 Å². The highest BCUT2D eigenvalue weighted by atomic mass is 16.3. The fourth-order valence-corrected chi connectivity index (χ4v) is 2.41. The molecule has 0 aromatic heterocycles. The fourth-order valence-electron chi connectivity index (χ4n) is 2.41. The van der Waals surface area contributed by atoms with E-state index in [-0.39, 0.29) is 11.9 Å². The molecule has 0 spiro atoms. The molecule has 0 aliphatic rings. The van der Waals surface area contributed by atoms with Gasteiger partial charge in [0.05, 0.1) is 18.6 Å². The van der Waals surface area contributed by atoms with Crippen molar-refractivity contribution < 1.29 is 9.90 Å². The number of hydrogen-bond acceptors (Lipinski definition) is 2. The van der Waals surface area contributed by atoms with E-state index in [0.717, 1.165) is 16.7 Å². The Morgan fingerprint density at radius 2 is 1.73 bits per heavy atom. The molecule has 2 unspecified atom stereocenters. The number of hydrogen-bond donors (Lipinski definition) is 2. The lowest BCUT2D eigenvalue weighted by Crippen LogP contribution is -2.42. The van der Waals surface area contributed by atoms with Crippen molar-refractivity contribution in [2.75, 3.05) is 0 Å². The van der Waals surface area contributed by atoms with Crippen LogP contribution in [0.25, 0.3) is 0 Å². The van der Waals surface area contributed by atoms with Crippen LogP contribution in [0.1, 0.15) is 23.6 Å². The predicted molar refractivity (Wildman–Crippen MR) is 88.6 cm³/mol. The molecule has 2 aromatic carbocycles. The highest BCUT2D eigenvalue weighted by Crippen LogP contribution is 2.09. The van der Waals surface area contributed by atoms with E-state index in [0.29, 0.717) is 12.8 Å². The van der Waals surface area contributed by atoms with Gasteiger partial charge in [0.15, 0.2) is 0 Å². The second-order valence-corrected chi connectivity index (χ2v) is 5.72. The quantitative estimate of drug-likeness (QED) is 0.861. The molecule has 0 aliphatic heterocycles. The van der Waals surface area contributed by atoms with Crippen LogP contribution in [0.15, 0.2) is 54.6 Å². The van der Waals surface area contributed by atoms with Crippen molar-refractivity contribution in [2.24, 2.45) is 0 Å². The molecule has 2 atom stereocenters. The molecule has 2 rings (SSSR count). The summed E-state index contributed by atoms with van der Waals surface area (Å²) in [5.41, 5.74) is 3.19. The third kappa shape index (κ3) is 4.71. The largest absolute Gasteiger partial charge is 0.391 e. The molecule has 0 radical (unpaired) electrons. The first kappa shape index (κ1) is 16.2. The van der Waals surface area contributed by atoms with Gasteiger partial charge in [0.25, 0.3) is 0 Å². The Morgan fingerprint density at radius 1 is 1.09 bits per heavy atom. The van der Waals surface area contributed by atoms with Gasteiger partial charge in [-0.15, -0.1) is 0 Å². The maximum atomic E-state index is 12.1. The molecule has 2 N–H and O–H groups in total. The first-order valence-electron chi connectivity index (χ1n) is 7.62. The molecule has 0 heterocycles. The van der Waals surface area contributed by atoms with Crippen molar-refractivity contribution in [3.63, 3.8) is 0 Å². The average molecular weight is 297 g/mol. The number of aryl methyl sites for hydroxylation is 1. The Morgan fingerprint density at radius 3 is 2.41 bits per heavy atom. The zero-order chi connectivity index (χ0) is 15.9.